The summed E-state index contributed by atoms with van der Waals surface area (Å²) in [4.78, 5) is 23.9. The summed E-state index contributed by atoms with van der Waals surface area (Å²) >= 11 is 7.57. The molecule has 28 heavy (non-hydrogen) atoms. The second-order valence-electron chi connectivity index (χ2n) is 6.57. The third-order valence-electron chi connectivity index (χ3n) is 4.39. The second kappa shape index (κ2) is 8.09. The number of amides is 1. The number of halogens is 1. The number of aryl methyl sites for hydroxylation is 1. The number of carbonyl (C=O) groups is 1. The average Bonchev–Trinajstić information content (AvgIpc) is 3.11. The van der Waals surface area contributed by atoms with E-state index in [1.165, 1.54) is 16.9 Å². The lowest BCUT2D eigenvalue weighted by atomic mass is 10.1. The van der Waals surface area contributed by atoms with Gasteiger partial charge in [-0.1, -0.05) is 58.8 Å². The van der Waals surface area contributed by atoms with Gasteiger partial charge in [-0.2, -0.15) is 0 Å². The third-order valence-corrected chi connectivity index (χ3v) is 5.67. The van der Waals surface area contributed by atoms with Crippen LogP contribution in [0.4, 0.5) is 5.13 Å². The van der Waals surface area contributed by atoms with E-state index in [1.54, 1.807) is 11.1 Å². The summed E-state index contributed by atoms with van der Waals surface area (Å²) in [7, 11) is 0. The van der Waals surface area contributed by atoms with Crippen LogP contribution in [0.1, 0.15) is 16.8 Å². The zero-order valence-electron chi connectivity index (χ0n) is 15.3. The number of benzene rings is 2. The van der Waals surface area contributed by atoms with Crippen molar-refractivity contribution < 1.29 is 4.79 Å². The Morgan fingerprint density at radius 2 is 1.93 bits per heavy atom. The average molecular weight is 408 g/mol. The largest absolute Gasteiger partial charge is 0.282 e. The highest BCUT2D eigenvalue weighted by Crippen LogP contribution is 2.31. The highest BCUT2D eigenvalue weighted by molar-refractivity contribution is 7.22. The summed E-state index contributed by atoms with van der Waals surface area (Å²) < 4.78 is 0.955. The Balaban J connectivity index is 1.67. The molecule has 0 saturated heterocycles. The van der Waals surface area contributed by atoms with Crippen molar-refractivity contribution in [3.8, 4) is 0 Å². The van der Waals surface area contributed by atoms with Crippen LogP contribution in [0.2, 0.25) is 5.02 Å². The van der Waals surface area contributed by atoms with Gasteiger partial charge in [-0.15, -0.1) is 0 Å². The number of carbonyl (C=O) groups excluding carboxylic acids is 1. The van der Waals surface area contributed by atoms with Gasteiger partial charge < -0.3 is 0 Å². The molecule has 0 aliphatic rings. The summed E-state index contributed by atoms with van der Waals surface area (Å²) in [5.74, 6) is -0.0142. The van der Waals surface area contributed by atoms with Crippen LogP contribution in [-0.4, -0.2) is 15.9 Å². The zero-order valence-corrected chi connectivity index (χ0v) is 16.9. The normalized spacial score (nSPS) is 10.9. The first-order valence-electron chi connectivity index (χ1n) is 8.90. The highest BCUT2D eigenvalue weighted by Gasteiger charge is 2.21. The van der Waals surface area contributed by atoms with Crippen molar-refractivity contribution in [2.45, 2.75) is 19.9 Å². The van der Waals surface area contributed by atoms with Gasteiger partial charge in [0.2, 0.25) is 5.91 Å². The fourth-order valence-electron chi connectivity index (χ4n) is 2.89. The quantitative estimate of drug-likeness (QED) is 0.443. The first-order chi connectivity index (χ1) is 13.6. The number of anilines is 1. The number of hydrogen-bond donors (Lipinski definition) is 0. The van der Waals surface area contributed by atoms with Crippen LogP contribution in [0.15, 0.2) is 66.9 Å². The molecule has 2 heterocycles. The van der Waals surface area contributed by atoms with E-state index in [-0.39, 0.29) is 5.91 Å². The van der Waals surface area contributed by atoms with E-state index in [1.807, 2.05) is 67.6 Å². The first-order valence-corrected chi connectivity index (χ1v) is 10.1. The Morgan fingerprint density at radius 1 is 1.11 bits per heavy atom. The standard InChI is InChI=1S/C22H18ClN3OS/c1-15-5-7-16(8-6-15)12-21(27)26(14-18-4-2-3-11-24-18)22-25-19-10-9-17(23)13-20(19)28-22/h2-11,13H,12,14H2,1H3. The third kappa shape index (κ3) is 4.21. The summed E-state index contributed by atoms with van der Waals surface area (Å²) in [6, 6.07) is 19.3. The van der Waals surface area contributed by atoms with Crippen LogP contribution in [0, 0.1) is 6.92 Å². The van der Waals surface area contributed by atoms with Gasteiger partial charge in [-0.05, 0) is 42.8 Å². The van der Waals surface area contributed by atoms with Gasteiger partial charge in [0.05, 0.1) is 28.9 Å². The van der Waals surface area contributed by atoms with Gasteiger partial charge in [-0.25, -0.2) is 4.98 Å². The van der Waals surface area contributed by atoms with E-state index in [0.717, 1.165) is 21.5 Å². The molecule has 4 aromatic rings. The van der Waals surface area contributed by atoms with Gasteiger partial charge in [0.25, 0.3) is 0 Å². The molecule has 1 amide bonds. The van der Waals surface area contributed by atoms with E-state index in [9.17, 15) is 4.79 Å². The number of pyridine rings is 1. The maximum Gasteiger partial charge on any atom is 0.233 e. The molecule has 2 aromatic heterocycles. The van der Waals surface area contributed by atoms with Crippen molar-refractivity contribution >= 4 is 44.2 Å². The molecule has 0 aliphatic carbocycles. The summed E-state index contributed by atoms with van der Waals surface area (Å²) in [6.45, 7) is 2.41. The Bertz CT molecular complexity index is 1110. The van der Waals surface area contributed by atoms with E-state index in [0.29, 0.717) is 23.1 Å². The highest BCUT2D eigenvalue weighted by atomic mass is 35.5. The topological polar surface area (TPSA) is 46.1 Å². The van der Waals surface area contributed by atoms with E-state index in [4.69, 9.17) is 11.6 Å². The van der Waals surface area contributed by atoms with Crippen LogP contribution in [0.5, 0.6) is 0 Å². The molecule has 0 unspecified atom stereocenters. The van der Waals surface area contributed by atoms with Crippen molar-refractivity contribution in [1.29, 1.82) is 0 Å². The van der Waals surface area contributed by atoms with Gasteiger partial charge in [0, 0.05) is 11.2 Å². The molecule has 0 spiro atoms. The van der Waals surface area contributed by atoms with Crippen LogP contribution >= 0.6 is 22.9 Å². The molecular formula is C22H18ClN3OS. The Hall–Kier alpha value is -2.76. The van der Waals surface area contributed by atoms with Crippen molar-refractivity contribution in [3.05, 3.63) is 88.7 Å². The number of nitrogens with zero attached hydrogens (tertiary/aromatic N) is 3. The summed E-state index contributed by atoms with van der Waals surface area (Å²) in [5.41, 5.74) is 3.80. The predicted molar refractivity (Wildman–Crippen MR) is 115 cm³/mol. The number of aromatic nitrogens is 2. The fourth-order valence-corrected chi connectivity index (χ4v) is 4.15. The van der Waals surface area contributed by atoms with Crippen molar-refractivity contribution in [2.24, 2.45) is 0 Å². The van der Waals surface area contributed by atoms with Crippen LogP contribution < -0.4 is 4.90 Å². The van der Waals surface area contributed by atoms with E-state index >= 15 is 0 Å². The van der Waals surface area contributed by atoms with Crippen LogP contribution in [-0.2, 0) is 17.8 Å². The molecule has 4 rings (SSSR count). The smallest absolute Gasteiger partial charge is 0.233 e. The monoisotopic (exact) mass is 407 g/mol. The Morgan fingerprint density at radius 3 is 2.68 bits per heavy atom. The number of thiazole rings is 1. The summed E-state index contributed by atoms with van der Waals surface area (Å²) in [5, 5.41) is 1.31. The maximum absolute atomic E-state index is 13.2. The minimum atomic E-state index is -0.0142. The molecule has 0 atom stereocenters. The molecule has 0 radical (unpaired) electrons. The zero-order chi connectivity index (χ0) is 19.5. The van der Waals surface area contributed by atoms with Gasteiger partial charge in [0.1, 0.15) is 0 Å². The van der Waals surface area contributed by atoms with E-state index in [2.05, 4.69) is 9.97 Å². The summed E-state index contributed by atoms with van der Waals surface area (Å²) in [6.07, 6.45) is 2.04. The molecule has 0 saturated carbocycles. The Kier molecular flexibility index (Phi) is 5.37. The molecule has 6 heteroatoms. The van der Waals surface area contributed by atoms with Crippen molar-refractivity contribution in [2.75, 3.05) is 4.90 Å². The molecule has 2 aromatic carbocycles. The molecule has 140 valence electrons. The Labute approximate surface area is 172 Å². The van der Waals surface area contributed by atoms with Crippen LogP contribution in [0.3, 0.4) is 0 Å². The molecule has 0 aliphatic heterocycles. The van der Waals surface area contributed by atoms with Crippen molar-refractivity contribution in [1.82, 2.24) is 9.97 Å². The molecule has 4 nitrogen and oxygen atoms in total. The van der Waals surface area contributed by atoms with E-state index < -0.39 is 0 Å². The fraction of sp³-hybridized carbons (Fsp3) is 0.136. The lowest BCUT2D eigenvalue weighted by Crippen LogP contribution is -2.32. The second-order valence-corrected chi connectivity index (χ2v) is 8.02. The van der Waals surface area contributed by atoms with Crippen molar-refractivity contribution in [3.63, 3.8) is 0 Å². The molecule has 0 fully saturated rings. The SMILES string of the molecule is Cc1ccc(CC(=O)N(Cc2ccccn2)c2nc3ccc(Cl)cc3s2)cc1. The molecule has 0 bridgehead atoms. The lowest BCUT2D eigenvalue weighted by molar-refractivity contribution is -0.118. The first kappa shape index (κ1) is 18.6. The number of hydrogen-bond acceptors (Lipinski definition) is 4. The minimum absolute atomic E-state index is 0.0142. The molecule has 0 N–H and O–H groups in total. The molecular weight excluding hydrogens is 390 g/mol. The van der Waals surface area contributed by atoms with Gasteiger partial charge in [0.15, 0.2) is 5.13 Å². The van der Waals surface area contributed by atoms with Gasteiger partial charge >= 0.3 is 0 Å². The lowest BCUT2D eigenvalue weighted by Gasteiger charge is -2.19. The maximum atomic E-state index is 13.2. The van der Waals surface area contributed by atoms with Crippen LogP contribution in [0.25, 0.3) is 10.2 Å². The predicted octanol–water partition coefficient (Wildman–Crippen LogP) is 5.43. The van der Waals surface area contributed by atoms with Gasteiger partial charge in [-0.3, -0.25) is 14.7 Å². The number of rotatable bonds is 5. The minimum Gasteiger partial charge on any atom is -0.282 e. The number of fused-ring (bicyclic) bond motifs is 1.